The normalized spacial score (nSPS) is 20.5. The van der Waals surface area contributed by atoms with E-state index in [0.29, 0.717) is 6.54 Å². The minimum Gasteiger partial charge on any atom is -0.465 e. The van der Waals surface area contributed by atoms with E-state index in [9.17, 15) is 9.90 Å². The predicted molar refractivity (Wildman–Crippen MR) is 64.5 cm³/mol. The number of hydrogen-bond donors (Lipinski definition) is 2. The highest BCUT2D eigenvalue weighted by Crippen LogP contribution is 2.37. The summed E-state index contributed by atoms with van der Waals surface area (Å²) >= 11 is 0. The number of hydrogen-bond acceptors (Lipinski definition) is 2. The third kappa shape index (κ3) is 2.48. The fourth-order valence-corrected chi connectivity index (χ4v) is 2.93. The Labute approximate surface area is 97.8 Å². The Morgan fingerprint density at radius 2 is 1.81 bits per heavy atom. The van der Waals surface area contributed by atoms with E-state index in [1.165, 1.54) is 6.42 Å². The summed E-state index contributed by atoms with van der Waals surface area (Å²) in [5.41, 5.74) is 5.14. The molecule has 0 radical (unpaired) electrons. The molecule has 1 saturated carbocycles. The lowest BCUT2D eigenvalue weighted by molar-refractivity contribution is -0.000407. The maximum Gasteiger partial charge on any atom is 0.408 e. The number of rotatable bonds is 2. The molecule has 0 aromatic rings. The molecule has 3 N–H and O–H groups in total. The van der Waals surface area contributed by atoms with Crippen molar-refractivity contribution in [2.24, 2.45) is 5.73 Å². The van der Waals surface area contributed by atoms with E-state index < -0.39 is 6.09 Å². The number of nitrogens with two attached hydrogens (primary N) is 1. The molecule has 0 unspecified atom stereocenters. The van der Waals surface area contributed by atoms with Crippen molar-refractivity contribution in [2.45, 2.75) is 64.0 Å². The van der Waals surface area contributed by atoms with Crippen molar-refractivity contribution in [2.75, 3.05) is 6.54 Å². The summed E-state index contributed by atoms with van der Waals surface area (Å²) in [5.74, 6) is 0. The molecule has 1 fully saturated rings. The summed E-state index contributed by atoms with van der Waals surface area (Å²) < 4.78 is 0. The van der Waals surface area contributed by atoms with Gasteiger partial charge in [0.05, 0.1) is 5.54 Å². The first-order chi connectivity index (χ1) is 7.33. The average molecular weight is 228 g/mol. The fourth-order valence-electron chi connectivity index (χ4n) is 2.93. The molecule has 0 aromatic carbocycles. The standard InChI is InChI=1S/C12H24N2O2/c1-11(2,3)14(10(15)16)12(9-13)7-5-4-6-8-12/h4-9,13H2,1-3H3,(H,15,16). The van der Waals surface area contributed by atoms with Crippen molar-refractivity contribution in [1.82, 2.24) is 4.90 Å². The highest BCUT2D eigenvalue weighted by molar-refractivity contribution is 5.67. The molecule has 94 valence electrons. The molecule has 0 heterocycles. The van der Waals surface area contributed by atoms with E-state index in [1.54, 1.807) is 4.90 Å². The van der Waals surface area contributed by atoms with Gasteiger partial charge in [0.15, 0.2) is 0 Å². The van der Waals surface area contributed by atoms with Crippen LogP contribution in [-0.2, 0) is 0 Å². The molecule has 0 spiro atoms. The number of nitrogens with zero attached hydrogens (tertiary/aromatic N) is 1. The van der Waals surface area contributed by atoms with Gasteiger partial charge < -0.3 is 10.8 Å². The maximum atomic E-state index is 11.5. The first-order valence-corrected chi connectivity index (χ1v) is 6.07. The third-order valence-corrected chi connectivity index (χ3v) is 3.50. The molecule has 4 nitrogen and oxygen atoms in total. The van der Waals surface area contributed by atoms with Crippen LogP contribution in [0.25, 0.3) is 0 Å². The van der Waals surface area contributed by atoms with Gasteiger partial charge in [-0.2, -0.15) is 0 Å². The van der Waals surface area contributed by atoms with Crippen LogP contribution < -0.4 is 5.73 Å². The Hall–Kier alpha value is -0.770. The van der Waals surface area contributed by atoms with Gasteiger partial charge in [0.2, 0.25) is 0 Å². The quantitative estimate of drug-likeness (QED) is 0.762. The molecular formula is C12H24N2O2. The zero-order valence-corrected chi connectivity index (χ0v) is 10.6. The zero-order valence-electron chi connectivity index (χ0n) is 10.6. The van der Waals surface area contributed by atoms with E-state index >= 15 is 0 Å². The largest absolute Gasteiger partial charge is 0.465 e. The predicted octanol–water partition coefficient (Wildman–Crippen LogP) is 2.43. The fraction of sp³-hybridized carbons (Fsp3) is 0.917. The second-order valence-electron chi connectivity index (χ2n) is 5.78. The molecule has 16 heavy (non-hydrogen) atoms. The minimum atomic E-state index is -0.847. The van der Waals surface area contributed by atoms with Crippen LogP contribution in [0.15, 0.2) is 0 Å². The van der Waals surface area contributed by atoms with Crippen LogP contribution in [0.5, 0.6) is 0 Å². The van der Waals surface area contributed by atoms with E-state index in [1.807, 2.05) is 20.8 Å². The van der Waals surface area contributed by atoms with Crippen LogP contribution in [0.4, 0.5) is 4.79 Å². The molecule has 1 aliphatic carbocycles. The summed E-state index contributed by atoms with van der Waals surface area (Å²) in [7, 11) is 0. The van der Waals surface area contributed by atoms with E-state index in [-0.39, 0.29) is 11.1 Å². The van der Waals surface area contributed by atoms with Crippen molar-refractivity contribution < 1.29 is 9.90 Å². The van der Waals surface area contributed by atoms with Crippen molar-refractivity contribution in [3.8, 4) is 0 Å². The molecular weight excluding hydrogens is 204 g/mol. The van der Waals surface area contributed by atoms with E-state index in [4.69, 9.17) is 5.73 Å². The van der Waals surface area contributed by atoms with Gasteiger partial charge in [-0.1, -0.05) is 19.3 Å². The second-order valence-corrected chi connectivity index (χ2v) is 5.78. The second kappa shape index (κ2) is 4.62. The lowest BCUT2D eigenvalue weighted by atomic mass is 9.78. The van der Waals surface area contributed by atoms with Gasteiger partial charge in [-0.15, -0.1) is 0 Å². The number of carboxylic acid groups (broad SMARTS) is 1. The lowest BCUT2D eigenvalue weighted by Gasteiger charge is -2.50. The summed E-state index contributed by atoms with van der Waals surface area (Å²) in [6, 6.07) is 0. The van der Waals surface area contributed by atoms with E-state index in [0.717, 1.165) is 25.7 Å². The van der Waals surface area contributed by atoms with Crippen molar-refractivity contribution >= 4 is 6.09 Å². The molecule has 1 aliphatic rings. The SMILES string of the molecule is CC(C)(C)N(C(=O)O)C1(CN)CCCCC1. The van der Waals surface area contributed by atoms with Crippen LogP contribution in [-0.4, -0.2) is 33.7 Å². The van der Waals surface area contributed by atoms with Crippen molar-refractivity contribution in [1.29, 1.82) is 0 Å². The first kappa shape index (κ1) is 13.3. The van der Waals surface area contributed by atoms with Gasteiger partial charge in [0, 0.05) is 12.1 Å². The van der Waals surface area contributed by atoms with Crippen LogP contribution >= 0.6 is 0 Å². The zero-order chi connectivity index (χ0) is 12.4. The van der Waals surface area contributed by atoms with Gasteiger partial charge in [-0.25, -0.2) is 4.79 Å². The Morgan fingerprint density at radius 3 is 2.12 bits per heavy atom. The maximum absolute atomic E-state index is 11.5. The Morgan fingerprint density at radius 1 is 1.31 bits per heavy atom. The van der Waals surface area contributed by atoms with E-state index in [2.05, 4.69) is 0 Å². The summed E-state index contributed by atoms with van der Waals surface area (Å²) in [6.07, 6.45) is 4.30. The minimum absolute atomic E-state index is 0.345. The molecule has 1 amide bonds. The van der Waals surface area contributed by atoms with Crippen LogP contribution in [0.2, 0.25) is 0 Å². The first-order valence-electron chi connectivity index (χ1n) is 6.07. The number of amides is 1. The molecule has 4 heteroatoms. The number of carbonyl (C=O) groups is 1. The Balaban J connectivity index is 3.02. The molecule has 0 aromatic heterocycles. The lowest BCUT2D eigenvalue weighted by Crippen LogP contribution is -2.63. The summed E-state index contributed by atoms with van der Waals surface area (Å²) in [6.45, 7) is 6.24. The van der Waals surface area contributed by atoms with Crippen LogP contribution in [0.1, 0.15) is 52.9 Å². The van der Waals surface area contributed by atoms with Gasteiger partial charge in [0.1, 0.15) is 0 Å². The van der Waals surface area contributed by atoms with Gasteiger partial charge in [-0.05, 0) is 33.6 Å². The van der Waals surface area contributed by atoms with Crippen molar-refractivity contribution in [3.63, 3.8) is 0 Å². The van der Waals surface area contributed by atoms with Gasteiger partial charge in [0.25, 0.3) is 0 Å². The molecule has 0 saturated heterocycles. The molecule has 0 aliphatic heterocycles. The van der Waals surface area contributed by atoms with Gasteiger partial charge in [-0.3, -0.25) is 4.90 Å². The third-order valence-electron chi connectivity index (χ3n) is 3.50. The van der Waals surface area contributed by atoms with Crippen LogP contribution in [0.3, 0.4) is 0 Å². The Bertz CT molecular complexity index is 252. The monoisotopic (exact) mass is 228 g/mol. The van der Waals surface area contributed by atoms with Crippen molar-refractivity contribution in [3.05, 3.63) is 0 Å². The molecule has 0 atom stereocenters. The summed E-state index contributed by atoms with van der Waals surface area (Å²) in [4.78, 5) is 13.1. The molecule has 1 rings (SSSR count). The average Bonchev–Trinajstić information content (AvgIpc) is 2.16. The van der Waals surface area contributed by atoms with Crippen LogP contribution in [0, 0.1) is 0 Å². The highest BCUT2D eigenvalue weighted by atomic mass is 16.4. The Kier molecular flexibility index (Phi) is 3.84. The molecule has 0 bridgehead atoms. The smallest absolute Gasteiger partial charge is 0.408 e. The van der Waals surface area contributed by atoms with Gasteiger partial charge >= 0.3 is 6.09 Å². The summed E-state index contributed by atoms with van der Waals surface area (Å²) in [5, 5.41) is 9.43. The highest BCUT2D eigenvalue weighted by Gasteiger charge is 2.44. The topological polar surface area (TPSA) is 66.6 Å².